The van der Waals surface area contributed by atoms with Gasteiger partial charge in [-0.1, -0.05) is 38.0 Å². The van der Waals surface area contributed by atoms with Crippen molar-refractivity contribution in [3.63, 3.8) is 0 Å². The van der Waals surface area contributed by atoms with Crippen molar-refractivity contribution in [2.24, 2.45) is 5.92 Å². The molecule has 0 bridgehead atoms. The molecule has 1 aromatic rings. The summed E-state index contributed by atoms with van der Waals surface area (Å²) in [4.78, 5) is 1.48. The summed E-state index contributed by atoms with van der Waals surface area (Å²) in [6.07, 6.45) is 5.59. The van der Waals surface area contributed by atoms with E-state index in [1.807, 2.05) is 11.8 Å². The van der Waals surface area contributed by atoms with Crippen LogP contribution >= 0.6 is 11.8 Å². The Labute approximate surface area is 108 Å². The molecule has 0 amide bonds. The van der Waals surface area contributed by atoms with Crippen LogP contribution in [0.5, 0.6) is 0 Å². The van der Waals surface area contributed by atoms with E-state index < -0.39 is 0 Å². The molecule has 1 aliphatic carbocycles. The Bertz CT molecular complexity index is 386. The third kappa shape index (κ3) is 2.69. The van der Waals surface area contributed by atoms with Crippen LogP contribution in [0.1, 0.15) is 44.2 Å². The molecular weight excluding hydrogens is 226 g/mol. The molecule has 2 unspecified atom stereocenters. The largest absolute Gasteiger partial charge is 0.306 e. The van der Waals surface area contributed by atoms with Gasteiger partial charge in [0.1, 0.15) is 0 Å². The van der Waals surface area contributed by atoms with Crippen molar-refractivity contribution in [1.29, 1.82) is 0 Å². The second kappa shape index (κ2) is 5.03. The molecule has 2 atom stereocenters. The minimum absolute atomic E-state index is 0.583. The number of benzene rings is 1. The van der Waals surface area contributed by atoms with Gasteiger partial charge >= 0.3 is 0 Å². The second-order valence-electron chi connectivity index (χ2n) is 5.35. The highest BCUT2D eigenvalue weighted by molar-refractivity contribution is 7.99. The summed E-state index contributed by atoms with van der Waals surface area (Å²) in [5.41, 5.74) is 1.52. The lowest BCUT2D eigenvalue weighted by Gasteiger charge is -2.22. The molecule has 92 valence electrons. The zero-order valence-corrected chi connectivity index (χ0v) is 11.3. The van der Waals surface area contributed by atoms with Gasteiger partial charge in [0, 0.05) is 22.7 Å². The van der Waals surface area contributed by atoms with Crippen LogP contribution in [0.25, 0.3) is 0 Å². The lowest BCUT2D eigenvalue weighted by Crippen LogP contribution is -2.33. The van der Waals surface area contributed by atoms with Crippen molar-refractivity contribution in [3.05, 3.63) is 29.8 Å². The Hall–Kier alpha value is -0.470. The average molecular weight is 247 g/mol. The molecule has 2 heteroatoms. The van der Waals surface area contributed by atoms with Crippen LogP contribution in [-0.2, 0) is 0 Å². The Morgan fingerprint density at radius 3 is 2.94 bits per heavy atom. The fourth-order valence-electron chi connectivity index (χ4n) is 2.69. The van der Waals surface area contributed by atoms with Gasteiger partial charge in [0.25, 0.3) is 0 Å². The van der Waals surface area contributed by atoms with E-state index in [9.17, 15) is 0 Å². The predicted octanol–water partition coefficient (Wildman–Crippen LogP) is 4.00. The number of thioether (sulfide) groups is 1. The molecule has 1 aliphatic heterocycles. The summed E-state index contributed by atoms with van der Waals surface area (Å²) in [7, 11) is 0. The Kier molecular flexibility index (Phi) is 3.44. The Morgan fingerprint density at radius 2 is 2.18 bits per heavy atom. The van der Waals surface area contributed by atoms with Crippen LogP contribution in [0.15, 0.2) is 29.2 Å². The molecule has 1 N–H and O–H groups in total. The van der Waals surface area contributed by atoms with Crippen LogP contribution in [0, 0.1) is 5.92 Å². The molecule has 17 heavy (non-hydrogen) atoms. The highest BCUT2D eigenvalue weighted by atomic mass is 32.2. The first-order chi connectivity index (χ1) is 8.36. The summed E-state index contributed by atoms with van der Waals surface area (Å²) in [5.74, 6) is 2.23. The van der Waals surface area contributed by atoms with Gasteiger partial charge in [0.2, 0.25) is 0 Å². The lowest BCUT2D eigenvalue weighted by molar-refractivity contribution is 0.407. The van der Waals surface area contributed by atoms with E-state index >= 15 is 0 Å². The van der Waals surface area contributed by atoms with Crippen LogP contribution in [0.3, 0.4) is 0 Å². The van der Waals surface area contributed by atoms with Crippen molar-refractivity contribution in [2.75, 3.05) is 5.75 Å². The number of hydrogen-bond acceptors (Lipinski definition) is 2. The first-order valence-corrected chi connectivity index (χ1v) is 7.83. The predicted molar refractivity (Wildman–Crippen MR) is 74.5 cm³/mol. The average Bonchev–Trinajstić information content (AvgIpc) is 3.09. The molecule has 0 saturated heterocycles. The third-order valence-electron chi connectivity index (χ3n) is 3.94. The van der Waals surface area contributed by atoms with Gasteiger partial charge in [-0.15, -0.1) is 11.8 Å². The maximum atomic E-state index is 3.87. The zero-order valence-electron chi connectivity index (χ0n) is 10.5. The smallest absolute Gasteiger partial charge is 0.0428 e. The molecule has 2 aliphatic rings. The number of nitrogens with one attached hydrogen (secondary N) is 1. The Morgan fingerprint density at radius 1 is 1.35 bits per heavy atom. The second-order valence-corrected chi connectivity index (χ2v) is 6.41. The molecule has 1 fully saturated rings. The highest BCUT2D eigenvalue weighted by Gasteiger charge is 2.28. The van der Waals surface area contributed by atoms with Gasteiger partial charge in [-0.2, -0.15) is 0 Å². The number of fused-ring (bicyclic) bond motifs is 1. The first-order valence-electron chi connectivity index (χ1n) is 6.84. The lowest BCUT2D eigenvalue weighted by atomic mass is 10.0. The quantitative estimate of drug-likeness (QED) is 0.844. The summed E-state index contributed by atoms with van der Waals surface area (Å²) >= 11 is 2.00. The van der Waals surface area contributed by atoms with Gasteiger partial charge in [0.15, 0.2) is 0 Å². The fourth-order valence-corrected chi connectivity index (χ4v) is 3.87. The van der Waals surface area contributed by atoms with Crippen molar-refractivity contribution < 1.29 is 0 Å². The van der Waals surface area contributed by atoms with Crippen molar-refractivity contribution in [3.8, 4) is 0 Å². The third-order valence-corrected chi connectivity index (χ3v) is 5.13. The summed E-state index contributed by atoms with van der Waals surface area (Å²) in [5, 5.41) is 3.87. The Balaban J connectivity index is 1.65. The molecule has 1 nitrogen and oxygen atoms in total. The molecule has 1 heterocycles. The summed E-state index contributed by atoms with van der Waals surface area (Å²) in [6.45, 7) is 2.31. The standard InChI is InChI=1S/C15H21NS/c1-2-12(9-11-7-8-11)16-14-10-17-15-6-4-3-5-13(14)15/h3-6,11-12,14,16H,2,7-10H2,1H3. The van der Waals surface area contributed by atoms with Gasteiger partial charge < -0.3 is 5.32 Å². The van der Waals surface area contributed by atoms with Gasteiger partial charge in [-0.05, 0) is 30.4 Å². The van der Waals surface area contributed by atoms with E-state index in [0.717, 1.165) is 12.0 Å². The summed E-state index contributed by atoms with van der Waals surface area (Å²) < 4.78 is 0. The molecule has 1 saturated carbocycles. The highest BCUT2D eigenvalue weighted by Crippen LogP contribution is 2.39. The van der Waals surface area contributed by atoms with Crippen molar-refractivity contribution in [1.82, 2.24) is 5.32 Å². The van der Waals surface area contributed by atoms with E-state index in [1.54, 1.807) is 0 Å². The number of rotatable bonds is 5. The molecule has 3 rings (SSSR count). The molecular formula is C15H21NS. The topological polar surface area (TPSA) is 12.0 Å². The number of hydrogen-bond donors (Lipinski definition) is 1. The van der Waals surface area contributed by atoms with E-state index in [2.05, 4.69) is 36.5 Å². The SMILES string of the molecule is CCC(CC1CC1)NC1CSc2ccccc21. The van der Waals surface area contributed by atoms with Gasteiger partial charge in [-0.25, -0.2) is 0 Å². The molecule has 0 spiro atoms. The van der Waals surface area contributed by atoms with E-state index in [0.29, 0.717) is 6.04 Å². The van der Waals surface area contributed by atoms with E-state index in [-0.39, 0.29) is 0 Å². The zero-order chi connectivity index (χ0) is 11.7. The summed E-state index contributed by atoms with van der Waals surface area (Å²) in [6, 6.07) is 10.2. The fraction of sp³-hybridized carbons (Fsp3) is 0.600. The minimum atomic E-state index is 0.583. The monoisotopic (exact) mass is 247 g/mol. The van der Waals surface area contributed by atoms with E-state index in [4.69, 9.17) is 0 Å². The molecule has 0 radical (unpaired) electrons. The maximum absolute atomic E-state index is 3.87. The van der Waals surface area contributed by atoms with Crippen molar-refractivity contribution >= 4 is 11.8 Å². The van der Waals surface area contributed by atoms with E-state index in [1.165, 1.54) is 41.9 Å². The van der Waals surface area contributed by atoms with Gasteiger partial charge in [0.05, 0.1) is 0 Å². The maximum Gasteiger partial charge on any atom is 0.0428 e. The molecule has 0 aromatic heterocycles. The minimum Gasteiger partial charge on any atom is -0.306 e. The normalized spacial score (nSPS) is 24.6. The van der Waals surface area contributed by atoms with Gasteiger partial charge in [-0.3, -0.25) is 0 Å². The molecule has 1 aromatic carbocycles. The van der Waals surface area contributed by atoms with Crippen LogP contribution in [0.4, 0.5) is 0 Å². The first kappa shape index (κ1) is 11.6. The van der Waals surface area contributed by atoms with Crippen molar-refractivity contribution in [2.45, 2.75) is 49.6 Å². The van der Waals surface area contributed by atoms with Crippen LogP contribution < -0.4 is 5.32 Å². The van der Waals surface area contributed by atoms with Crippen LogP contribution in [-0.4, -0.2) is 11.8 Å². The van der Waals surface area contributed by atoms with Crippen LogP contribution in [0.2, 0.25) is 0 Å².